The number of hydrogen-bond donors (Lipinski definition) is 2. The maximum absolute atomic E-state index is 9.58. The van der Waals surface area contributed by atoms with Crippen LogP contribution in [0.15, 0.2) is 72.9 Å². The zero-order valence-corrected chi connectivity index (χ0v) is 17.6. The Morgan fingerprint density at radius 2 is 1.72 bits per heavy atom. The first-order valence-corrected chi connectivity index (χ1v) is 10.9. The first-order chi connectivity index (χ1) is 15.7. The van der Waals surface area contributed by atoms with E-state index in [2.05, 4.69) is 52.7 Å². The summed E-state index contributed by atoms with van der Waals surface area (Å²) in [6.45, 7) is -0.168. The van der Waals surface area contributed by atoms with Crippen LogP contribution in [-0.4, -0.2) is 24.7 Å². The quantitative estimate of drug-likeness (QED) is 0.448. The lowest BCUT2D eigenvalue weighted by atomic mass is 9.72. The highest BCUT2D eigenvalue weighted by Gasteiger charge is 2.34. The van der Waals surface area contributed by atoms with E-state index in [1.54, 1.807) is 0 Å². The number of aliphatic hydroxyl groups is 1. The van der Waals surface area contributed by atoms with Crippen LogP contribution in [0.5, 0.6) is 0 Å². The van der Waals surface area contributed by atoms with Gasteiger partial charge >= 0.3 is 0 Å². The zero-order valence-electron chi connectivity index (χ0n) is 17.6. The standard InChI is InChI=1S/C26H23N5O/c27-26(12-4-13-26)19-9-7-18(8-10-19)24-20(17-5-2-1-3-6-17)15-21-22(28-24)11-14-31-23(16-32)29-30-25(21)31/h1-3,5-11,14-15,32H,4,12-13,16,27H2. The van der Waals surface area contributed by atoms with Crippen molar-refractivity contribution in [2.45, 2.75) is 31.4 Å². The fourth-order valence-electron chi connectivity index (χ4n) is 4.61. The molecule has 3 heterocycles. The van der Waals surface area contributed by atoms with Crippen molar-refractivity contribution in [1.82, 2.24) is 19.6 Å². The summed E-state index contributed by atoms with van der Waals surface area (Å²) in [5, 5.41) is 18.9. The minimum absolute atomic E-state index is 0.168. The molecule has 0 aliphatic heterocycles. The summed E-state index contributed by atoms with van der Waals surface area (Å²) in [4.78, 5) is 5.06. The van der Waals surface area contributed by atoms with Crippen LogP contribution >= 0.6 is 0 Å². The molecule has 0 spiro atoms. The third-order valence-corrected chi connectivity index (χ3v) is 6.65. The SMILES string of the molecule is NC1(c2ccc(-c3nc4ccn5c(CO)nnc5c4cc3-c3ccccc3)cc2)CCC1. The monoisotopic (exact) mass is 421 g/mol. The van der Waals surface area contributed by atoms with Crippen LogP contribution in [0.3, 0.4) is 0 Å². The van der Waals surface area contributed by atoms with Crippen LogP contribution in [-0.2, 0) is 12.1 Å². The van der Waals surface area contributed by atoms with Gasteiger partial charge in [0.25, 0.3) is 0 Å². The second kappa shape index (κ2) is 7.22. The summed E-state index contributed by atoms with van der Waals surface area (Å²) < 4.78 is 1.81. The van der Waals surface area contributed by atoms with Gasteiger partial charge in [0.15, 0.2) is 11.5 Å². The lowest BCUT2D eigenvalue weighted by molar-refractivity contribution is 0.253. The lowest BCUT2D eigenvalue weighted by Gasteiger charge is -2.38. The molecule has 6 heteroatoms. The molecular formula is C26H23N5O. The van der Waals surface area contributed by atoms with Gasteiger partial charge in [-0.05, 0) is 42.5 Å². The van der Waals surface area contributed by atoms with E-state index >= 15 is 0 Å². The summed E-state index contributed by atoms with van der Waals surface area (Å²) in [7, 11) is 0. The van der Waals surface area contributed by atoms with Crippen molar-refractivity contribution in [3.8, 4) is 22.4 Å². The summed E-state index contributed by atoms with van der Waals surface area (Å²) in [6, 6.07) is 22.9. The molecule has 0 unspecified atom stereocenters. The number of nitrogens with two attached hydrogens (primary N) is 1. The number of nitrogens with zero attached hydrogens (tertiary/aromatic N) is 4. The van der Waals surface area contributed by atoms with Crippen molar-refractivity contribution in [3.05, 3.63) is 84.3 Å². The third kappa shape index (κ3) is 2.92. The number of fused-ring (bicyclic) bond motifs is 3. The number of pyridine rings is 2. The zero-order chi connectivity index (χ0) is 21.7. The van der Waals surface area contributed by atoms with Gasteiger partial charge in [-0.25, -0.2) is 4.98 Å². The first-order valence-electron chi connectivity index (χ1n) is 10.9. The van der Waals surface area contributed by atoms with E-state index in [0.29, 0.717) is 11.5 Å². The molecule has 0 saturated heterocycles. The number of benzene rings is 2. The fourth-order valence-corrected chi connectivity index (χ4v) is 4.61. The van der Waals surface area contributed by atoms with Crippen molar-refractivity contribution >= 4 is 16.6 Å². The highest BCUT2D eigenvalue weighted by Crippen LogP contribution is 2.40. The number of hydrogen-bond acceptors (Lipinski definition) is 5. The third-order valence-electron chi connectivity index (χ3n) is 6.65. The van der Waals surface area contributed by atoms with Gasteiger partial charge in [0.2, 0.25) is 0 Å². The van der Waals surface area contributed by atoms with Crippen LogP contribution in [0.4, 0.5) is 0 Å². The Labute approximate surface area is 185 Å². The topological polar surface area (TPSA) is 89.3 Å². The molecule has 158 valence electrons. The van der Waals surface area contributed by atoms with Gasteiger partial charge in [0.05, 0.1) is 11.2 Å². The molecule has 1 saturated carbocycles. The Bertz CT molecular complexity index is 1440. The van der Waals surface area contributed by atoms with Crippen LogP contribution in [0, 0.1) is 0 Å². The Balaban J connectivity index is 1.57. The molecule has 1 aliphatic rings. The van der Waals surface area contributed by atoms with Crippen molar-refractivity contribution in [2.75, 3.05) is 0 Å². The predicted molar refractivity (Wildman–Crippen MR) is 125 cm³/mol. The van der Waals surface area contributed by atoms with Gasteiger partial charge in [-0.2, -0.15) is 0 Å². The highest BCUT2D eigenvalue weighted by molar-refractivity contribution is 5.98. The summed E-state index contributed by atoms with van der Waals surface area (Å²) in [5.41, 5.74) is 13.1. The maximum atomic E-state index is 9.58. The largest absolute Gasteiger partial charge is 0.388 e. The average molecular weight is 422 g/mol. The summed E-state index contributed by atoms with van der Waals surface area (Å²) >= 11 is 0. The van der Waals surface area contributed by atoms with E-state index in [9.17, 15) is 5.11 Å². The molecule has 1 aliphatic carbocycles. The molecule has 0 bridgehead atoms. The van der Waals surface area contributed by atoms with Crippen molar-refractivity contribution in [3.63, 3.8) is 0 Å². The molecule has 0 atom stereocenters. The molecule has 0 amide bonds. The van der Waals surface area contributed by atoms with Crippen LogP contribution in [0.2, 0.25) is 0 Å². The van der Waals surface area contributed by atoms with E-state index < -0.39 is 0 Å². The van der Waals surface area contributed by atoms with Crippen LogP contribution in [0.1, 0.15) is 30.7 Å². The molecule has 6 rings (SSSR count). The van der Waals surface area contributed by atoms with Gasteiger partial charge in [-0.1, -0.05) is 54.6 Å². The maximum Gasteiger partial charge on any atom is 0.170 e. The summed E-state index contributed by atoms with van der Waals surface area (Å²) in [5.74, 6) is 0.509. The number of aliphatic hydroxyl groups excluding tert-OH is 1. The molecule has 2 aromatic carbocycles. The molecular weight excluding hydrogens is 398 g/mol. The molecule has 1 fully saturated rings. The predicted octanol–water partition coefficient (Wildman–Crippen LogP) is 4.44. The summed E-state index contributed by atoms with van der Waals surface area (Å²) in [6.07, 6.45) is 5.14. The van der Waals surface area contributed by atoms with Gasteiger partial charge in [-0.15, -0.1) is 10.2 Å². The minimum Gasteiger partial charge on any atom is -0.388 e. The van der Waals surface area contributed by atoms with Crippen LogP contribution < -0.4 is 5.73 Å². The van der Waals surface area contributed by atoms with Gasteiger partial charge in [0, 0.05) is 28.2 Å². The van der Waals surface area contributed by atoms with Crippen molar-refractivity contribution in [1.29, 1.82) is 0 Å². The highest BCUT2D eigenvalue weighted by atomic mass is 16.3. The minimum atomic E-state index is -0.179. The molecule has 3 N–H and O–H groups in total. The van der Waals surface area contributed by atoms with Crippen molar-refractivity contribution < 1.29 is 5.11 Å². The molecule has 3 aromatic heterocycles. The molecule has 6 nitrogen and oxygen atoms in total. The van der Waals surface area contributed by atoms with E-state index in [0.717, 1.165) is 46.1 Å². The van der Waals surface area contributed by atoms with Gasteiger partial charge < -0.3 is 10.8 Å². The van der Waals surface area contributed by atoms with E-state index in [-0.39, 0.29) is 12.1 Å². The van der Waals surface area contributed by atoms with E-state index in [4.69, 9.17) is 10.7 Å². The molecule has 5 aromatic rings. The Morgan fingerprint density at radius 3 is 2.41 bits per heavy atom. The van der Waals surface area contributed by atoms with Crippen molar-refractivity contribution in [2.24, 2.45) is 5.73 Å². The smallest absolute Gasteiger partial charge is 0.170 e. The van der Waals surface area contributed by atoms with E-state index in [1.807, 2.05) is 34.9 Å². The molecule has 0 radical (unpaired) electrons. The molecule has 32 heavy (non-hydrogen) atoms. The second-order valence-electron chi connectivity index (χ2n) is 8.55. The Morgan fingerprint density at radius 1 is 0.938 bits per heavy atom. The fraction of sp³-hybridized carbons (Fsp3) is 0.192. The second-order valence-corrected chi connectivity index (χ2v) is 8.55. The van der Waals surface area contributed by atoms with E-state index in [1.165, 1.54) is 12.0 Å². The number of aromatic nitrogens is 4. The average Bonchev–Trinajstić information content (AvgIpc) is 3.26. The Kier molecular flexibility index (Phi) is 4.31. The first kappa shape index (κ1) is 19.1. The van der Waals surface area contributed by atoms with Crippen LogP contribution in [0.25, 0.3) is 38.9 Å². The lowest BCUT2D eigenvalue weighted by Crippen LogP contribution is -2.43. The van der Waals surface area contributed by atoms with Gasteiger partial charge in [0.1, 0.15) is 6.61 Å². The normalized spacial score (nSPS) is 15.2. The number of rotatable bonds is 4. The van der Waals surface area contributed by atoms with Gasteiger partial charge in [-0.3, -0.25) is 4.40 Å². The Hall–Kier alpha value is -3.61.